The Hall–Kier alpha value is -0.880. The number of aromatic nitrogens is 2. The molecule has 1 fully saturated rings. The SMILES string of the molecule is CNc1ncc(Br)c(NC2(CO)CC2)n1. The number of rotatable bonds is 4. The molecule has 0 aromatic carbocycles. The maximum atomic E-state index is 9.20. The van der Waals surface area contributed by atoms with Crippen molar-refractivity contribution in [2.24, 2.45) is 0 Å². The topological polar surface area (TPSA) is 70.1 Å². The summed E-state index contributed by atoms with van der Waals surface area (Å²) >= 11 is 3.37. The average Bonchev–Trinajstić information content (AvgIpc) is 3.02. The van der Waals surface area contributed by atoms with Crippen LogP contribution in [0.25, 0.3) is 0 Å². The van der Waals surface area contributed by atoms with Crippen molar-refractivity contribution in [3.63, 3.8) is 0 Å². The highest BCUT2D eigenvalue weighted by atomic mass is 79.9. The summed E-state index contributed by atoms with van der Waals surface area (Å²) in [5.74, 6) is 1.29. The maximum absolute atomic E-state index is 9.20. The van der Waals surface area contributed by atoms with Crippen molar-refractivity contribution in [3.05, 3.63) is 10.7 Å². The molecule has 3 N–H and O–H groups in total. The molecule has 1 aromatic heterocycles. The lowest BCUT2D eigenvalue weighted by atomic mass is 10.3. The first-order valence-electron chi connectivity index (χ1n) is 4.78. The largest absolute Gasteiger partial charge is 0.394 e. The van der Waals surface area contributed by atoms with Gasteiger partial charge in [0.15, 0.2) is 0 Å². The van der Waals surface area contributed by atoms with E-state index >= 15 is 0 Å². The van der Waals surface area contributed by atoms with E-state index in [1.807, 2.05) is 0 Å². The monoisotopic (exact) mass is 272 g/mol. The summed E-state index contributed by atoms with van der Waals surface area (Å²) in [6.07, 6.45) is 3.65. The van der Waals surface area contributed by atoms with Crippen LogP contribution in [0, 0.1) is 0 Å². The Labute approximate surface area is 96.5 Å². The first kappa shape index (κ1) is 10.6. The van der Waals surface area contributed by atoms with Crippen molar-refractivity contribution in [1.29, 1.82) is 0 Å². The predicted molar refractivity (Wildman–Crippen MR) is 62.0 cm³/mol. The number of hydrogen-bond acceptors (Lipinski definition) is 5. The van der Waals surface area contributed by atoms with Crippen LogP contribution in [0.2, 0.25) is 0 Å². The van der Waals surface area contributed by atoms with Crippen LogP contribution in [0.4, 0.5) is 11.8 Å². The lowest BCUT2D eigenvalue weighted by molar-refractivity contribution is 0.266. The van der Waals surface area contributed by atoms with E-state index in [0.29, 0.717) is 5.95 Å². The molecule has 0 atom stereocenters. The van der Waals surface area contributed by atoms with Crippen molar-refractivity contribution in [2.75, 3.05) is 24.3 Å². The summed E-state index contributed by atoms with van der Waals surface area (Å²) in [6.45, 7) is 0.137. The Kier molecular flexibility index (Phi) is 2.79. The van der Waals surface area contributed by atoms with Gasteiger partial charge in [0, 0.05) is 13.2 Å². The van der Waals surface area contributed by atoms with Crippen molar-refractivity contribution in [1.82, 2.24) is 9.97 Å². The molecule has 1 aliphatic carbocycles. The van der Waals surface area contributed by atoms with Gasteiger partial charge < -0.3 is 15.7 Å². The van der Waals surface area contributed by atoms with E-state index in [-0.39, 0.29) is 12.1 Å². The van der Waals surface area contributed by atoms with Gasteiger partial charge in [0.2, 0.25) is 5.95 Å². The second-order valence-corrected chi connectivity index (χ2v) is 4.56. The summed E-state index contributed by atoms with van der Waals surface area (Å²) in [4.78, 5) is 8.33. The van der Waals surface area contributed by atoms with Crippen LogP contribution in [0.1, 0.15) is 12.8 Å². The molecule has 15 heavy (non-hydrogen) atoms. The lowest BCUT2D eigenvalue weighted by Gasteiger charge is -2.16. The Morgan fingerprint density at radius 1 is 1.60 bits per heavy atom. The molecule has 1 saturated carbocycles. The van der Waals surface area contributed by atoms with Gasteiger partial charge in [0.1, 0.15) is 5.82 Å². The molecule has 0 bridgehead atoms. The molecule has 2 rings (SSSR count). The van der Waals surface area contributed by atoms with Crippen LogP contribution < -0.4 is 10.6 Å². The zero-order chi connectivity index (χ0) is 10.9. The van der Waals surface area contributed by atoms with E-state index in [0.717, 1.165) is 23.1 Å². The lowest BCUT2D eigenvalue weighted by Crippen LogP contribution is -2.26. The molecule has 0 amide bonds. The molecule has 82 valence electrons. The van der Waals surface area contributed by atoms with Crippen LogP contribution >= 0.6 is 15.9 Å². The second-order valence-electron chi connectivity index (χ2n) is 3.70. The summed E-state index contributed by atoms with van der Waals surface area (Å²) in [5.41, 5.74) is -0.165. The first-order valence-corrected chi connectivity index (χ1v) is 5.58. The smallest absolute Gasteiger partial charge is 0.224 e. The zero-order valence-electron chi connectivity index (χ0n) is 8.42. The van der Waals surface area contributed by atoms with Gasteiger partial charge in [-0.3, -0.25) is 0 Å². The van der Waals surface area contributed by atoms with Crippen LogP contribution in [-0.4, -0.2) is 34.3 Å². The van der Waals surface area contributed by atoms with Crippen LogP contribution in [-0.2, 0) is 0 Å². The van der Waals surface area contributed by atoms with Crippen molar-refractivity contribution in [3.8, 4) is 0 Å². The predicted octanol–water partition coefficient (Wildman–Crippen LogP) is 1.22. The minimum Gasteiger partial charge on any atom is -0.394 e. The van der Waals surface area contributed by atoms with Crippen molar-refractivity contribution in [2.45, 2.75) is 18.4 Å². The maximum Gasteiger partial charge on any atom is 0.224 e. The van der Waals surface area contributed by atoms with Gasteiger partial charge in [0.05, 0.1) is 16.6 Å². The third-order valence-electron chi connectivity index (χ3n) is 2.51. The highest BCUT2D eigenvalue weighted by Gasteiger charge is 2.42. The van der Waals surface area contributed by atoms with Crippen LogP contribution in [0.3, 0.4) is 0 Å². The van der Waals surface area contributed by atoms with Crippen LogP contribution in [0.5, 0.6) is 0 Å². The third kappa shape index (κ3) is 2.21. The second kappa shape index (κ2) is 3.94. The van der Waals surface area contributed by atoms with Crippen LogP contribution in [0.15, 0.2) is 10.7 Å². The number of nitrogens with zero attached hydrogens (tertiary/aromatic N) is 2. The van der Waals surface area contributed by atoms with Crippen molar-refractivity contribution >= 4 is 27.7 Å². The molecule has 0 radical (unpaired) electrons. The molecule has 5 nitrogen and oxygen atoms in total. The zero-order valence-corrected chi connectivity index (χ0v) is 10.0. The molecule has 0 saturated heterocycles. The first-order chi connectivity index (χ1) is 7.19. The quantitative estimate of drug-likeness (QED) is 0.769. The van der Waals surface area contributed by atoms with E-state index in [9.17, 15) is 5.11 Å². The normalized spacial score (nSPS) is 17.3. The summed E-state index contributed by atoms with van der Waals surface area (Å²) in [5, 5.41) is 15.3. The van der Waals surface area contributed by atoms with Gasteiger partial charge in [-0.2, -0.15) is 4.98 Å². The molecule has 0 spiro atoms. The molecular weight excluding hydrogens is 260 g/mol. The summed E-state index contributed by atoms with van der Waals surface area (Å²) < 4.78 is 0.807. The number of nitrogens with one attached hydrogen (secondary N) is 2. The van der Waals surface area contributed by atoms with Gasteiger partial charge in [-0.15, -0.1) is 0 Å². The highest BCUT2D eigenvalue weighted by Crippen LogP contribution is 2.39. The molecule has 6 heteroatoms. The van der Waals surface area contributed by atoms with Gasteiger partial charge in [0.25, 0.3) is 0 Å². The van der Waals surface area contributed by atoms with E-state index in [4.69, 9.17) is 0 Å². The number of halogens is 1. The number of aliphatic hydroxyl groups is 1. The molecule has 1 aliphatic rings. The Morgan fingerprint density at radius 3 is 2.87 bits per heavy atom. The standard InChI is InChI=1S/C9H13BrN4O/c1-11-8-12-4-6(10)7(13-8)14-9(5-15)2-3-9/h4,15H,2-3,5H2,1H3,(H2,11,12,13,14). The molecule has 0 unspecified atom stereocenters. The Balaban J connectivity index is 2.19. The number of aliphatic hydroxyl groups excluding tert-OH is 1. The number of anilines is 2. The van der Waals surface area contributed by atoms with E-state index in [1.165, 1.54) is 0 Å². The van der Waals surface area contributed by atoms with E-state index in [2.05, 4.69) is 36.5 Å². The van der Waals surface area contributed by atoms with Gasteiger partial charge in [-0.1, -0.05) is 0 Å². The number of hydrogen-bond donors (Lipinski definition) is 3. The Bertz CT molecular complexity index is 367. The van der Waals surface area contributed by atoms with Gasteiger partial charge in [-0.25, -0.2) is 4.98 Å². The van der Waals surface area contributed by atoms with Crippen molar-refractivity contribution < 1.29 is 5.11 Å². The Morgan fingerprint density at radius 2 is 2.33 bits per heavy atom. The highest BCUT2D eigenvalue weighted by molar-refractivity contribution is 9.10. The molecular formula is C9H13BrN4O. The fraction of sp³-hybridized carbons (Fsp3) is 0.556. The molecule has 1 aromatic rings. The molecule has 0 aliphatic heterocycles. The van der Waals surface area contributed by atoms with E-state index in [1.54, 1.807) is 13.2 Å². The minimum absolute atomic E-state index is 0.137. The minimum atomic E-state index is -0.165. The third-order valence-corrected chi connectivity index (χ3v) is 3.09. The average molecular weight is 273 g/mol. The fourth-order valence-corrected chi connectivity index (χ4v) is 1.59. The van der Waals surface area contributed by atoms with Gasteiger partial charge >= 0.3 is 0 Å². The van der Waals surface area contributed by atoms with Gasteiger partial charge in [-0.05, 0) is 28.8 Å². The molecule has 1 heterocycles. The summed E-state index contributed by atoms with van der Waals surface area (Å²) in [7, 11) is 1.77. The fourth-order valence-electron chi connectivity index (χ4n) is 1.30. The summed E-state index contributed by atoms with van der Waals surface area (Å²) in [6, 6.07) is 0. The van der Waals surface area contributed by atoms with E-state index < -0.39 is 0 Å².